The molecular weight excluding hydrogens is 513 g/mol. The van der Waals surface area contributed by atoms with Crippen LogP contribution in [0.4, 0.5) is 13.2 Å². The number of aliphatic carboxylic acids is 1. The van der Waals surface area contributed by atoms with Crippen LogP contribution in [0.5, 0.6) is 0 Å². The number of thiophene rings is 1. The fourth-order valence-corrected chi connectivity index (χ4v) is 6.01. The number of para-hydroxylation sites is 1. The van der Waals surface area contributed by atoms with Crippen molar-refractivity contribution in [2.24, 2.45) is 7.05 Å². The Kier molecular flexibility index (Phi) is 6.95. The first-order valence-electron chi connectivity index (χ1n) is 10.5. The SMILES string of the molecule is Cn1cc(C[C@H](NS(=O)(=O)c2ccc(C#Cc3ccc(C(F)(F)F)cc3)s2)C(=O)O)c2ccccc21. The Morgan fingerprint density at radius 2 is 1.78 bits per heavy atom. The second kappa shape index (κ2) is 9.81. The van der Waals surface area contributed by atoms with Gasteiger partial charge in [-0.15, -0.1) is 11.3 Å². The molecule has 11 heteroatoms. The van der Waals surface area contributed by atoms with Crippen molar-refractivity contribution in [3.8, 4) is 11.8 Å². The van der Waals surface area contributed by atoms with Gasteiger partial charge >= 0.3 is 12.1 Å². The highest BCUT2D eigenvalue weighted by molar-refractivity contribution is 7.91. The number of aryl methyl sites for hydroxylation is 1. The van der Waals surface area contributed by atoms with E-state index in [0.29, 0.717) is 16.0 Å². The smallest absolute Gasteiger partial charge is 0.416 e. The summed E-state index contributed by atoms with van der Waals surface area (Å²) >= 11 is 0.832. The fourth-order valence-electron chi connectivity index (χ4n) is 3.64. The van der Waals surface area contributed by atoms with Gasteiger partial charge in [0.1, 0.15) is 10.3 Å². The lowest BCUT2D eigenvalue weighted by Crippen LogP contribution is -2.42. The molecule has 2 aromatic heterocycles. The van der Waals surface area contributed by atoms with E-state index in [2.05, 4.69) is 16.6 Å². The number of sulfonamides is 1. The molecule has 4 aromatic rings. The molecule has 0 aliphatic carbocycles. The first-order valence-corrected chi connectivity index (χ1v) is 12.8. The largest absolute Gasteiger partial charge is 0.480 e. The van der Waals surface area contributed by atoms with E-state index in [0.717, 1.165) is 34.4 Å². The van der Waals surface area contributed by atoms with Crippen molar-refractivity contribution >= 4 is 38.2 Å². The van der Waals surface area contributed by atoms with E-state index in [-0.39, 0.29) is 10.6 Å². The highest BCUT2D eigenvalue weighted by Gasteiger charge is 2.30. The molecule has 0 bridgehead atoms. The van der Waals surface area contributed by atoms with Gasteiger partial charge in [-0.25, -0.2) is 8.42 Å². The van der Waals surface area contributed by atoms with Gasteiger partial charge in [-0.1, -0.05) is 30.0 Å². The molecule has 0 unspecified atom stereocenters. The Bertz CT molecular complexity index is 1590. The number of nitrogens with zero attached hydrogens (tertiary/aromatic N) is 1. The van der Waals surface area contributed by atoms with Crippen molar-refractivity contribution in [2.45, 2.75) is 22.8 Å². The third-order valence-corrected chi connectivity index (χ3v) is 8.35. The Hall–Kier alpha value is -3.59. The molecular formula is C25H19F3N2O4S2. The van der Waals surface area contributed by atoms with Gasteiger partial charge in [-0.3, -0.25) is 4.79 Å². The molecule has 2 heterocycles. The number of aromatic nitrogens is 1. The number of carboxylic acids is 1. The van der Waals surface area contributed by atoms with Crippen molar-refractivity contribution in [2.75, 3.05) is 0 Å². The van der Waals surface area contributed by atoms with Crippen LogP contribution in [-0.4, -0.2) is 30.1 Å². The summed E-state index contributed by atoms with van der Waals surface area (Å²) in [6.07, 6.45) is -2.73. The molecule has 36 heavy (non-hydrogen) atoms. The summed E-state index contributed by atoms with van der Waals surface area (Å²) in [7, 11) is -2.34. The number of alkyl halides is 3. The lowest BCUT2D eigenvalue weighted by atomic mass is 10.1. The summed E-state index contributed by atoms with van der Waals surface area (Å²) in [6.45, 7) is 0. The third-order valence-electron chi connectivity index (χ3n) is 5.39. The van der Waals surface area contributed by atoms with Gasteiger partial charge in [0.25, 0.3) is 10.0 Å². The van der Waals surface area contributed by atoms with Crippen LogP contribution >= 0.6 is 11.3 Å². The number of halogens is 3. The van der Waals surface area contributed by atoms with Crippen molar-refractivity contribution in [1.29, 1.82) is 0 Å². The van der Waals surface area contributed by atoms with Crippen molar-refractivity contribution in [1.82, 2.24) is 9.29 Å². The number of benzene rings is 2. The average Bonchev–Trinajstić information content (AvgIpc) is 3.43. The Morgan fingerprint density at radius 1 is 1.08 bits per heavy atom. The number of rotatable bonds is 6. The molecule has 186 valence electrons. The standard InChI is InChI=1S/C25H19F3N2O4S2/c1-30-15-17(20-4-2-3-5-22(20)30)14-21(24(31)32)29-36(33,34)23-13-12-19(35-23)11-8-16-6-9-18(10-7-16)25(26,27)28/h2-7,9-10,12-13,15,21,29H,14H2,1H3,(H,31,32)/t21-/m0/s1. The number of carboxylic acid groups (broad SMARTS) is 1. The van der Waals surface area contributed by atoms with Gasteiger partial charge in [-0.2, -0.15) is 17.9 Å². The van der Waals surface area contributed by atoms with E-state index in [1.165, 1.54) is 24.3 Å². The van der Waals surface area contributed by atoms with E-state index < -0.39 is 33.8 Å². The van der Waals surface area contributed by atoms with Crippen molar-refractivity contribution in [3.05, 3.63) is 88.4 Å². The molecule has 1 atom stereocenters. The molecule has 0 spiro atoms. The first-order chi connectivity index (χ1) is 16.9. The van der Waals surface area contributed by atoms with Crippen LogP contribution in [0, 0.1) is 11.8 Å². The number of hydrogen-bond acceptors (Lipinski definition) is 4. The van der Waals surface area contributed by atoms with E-state index in [4.69, 9.17) is 0 Å². The molecule has 0 saturated heterocycles. The summed E-state index contributed by atoms with van der Waals surface area (Å²) in [4.78, 5) is 12.2. The van der Waals surface area contributed by atoms with Crippen LogP contribution in [0.15, 0.2) is 71.1 Å². The maximum atomic E-state index is 12.9. The lowest BCUT2D eigenvalue weighted by molar-refractivity contribution is -0.139. The first kappa shape index (κ1) is 25.5. The van der Waals surface area contributed by atoms with Crippen LogP contribution < -0.4 is 4.72 Å². The van der Waals surface area contributed by atoms with Gasteiger partial charge in [0.2, 0.25) is 0 Å². The topological polar surface area (TPSA) is 88.4 Å². The average molecular weight is 533 g/mol. The Labute approximate surface area is 209 Å². The summed E-state index contributed by atoms with van der Waals surface area (Å²) in [6, 6.07) is 13.1. The van der Waals surface area contributed by atoms with Crippen LogP contribution in [0.1, 0.15) is 21.6 Å². The zero-order chi connectivity index (χ0) is 26.1. The molecule has 0 radical (unpaired) electrons. The third kappa shape index (κ3) is 5.62. The van der Waals surface area contributed by atoms with Crippen LogP contribution in [0.2, 0.25) is 0 Å². The van der Waals surface area contributed by atoms with Gasteiger partial charge in [0.15, 0.2) is 0 Å². The maximum absolute atomic E-state index is 12.9. The Morgan fingerprint density at radius 3 is 2.44 bits per heavy atom. The number of hydrogen-bond donors (Lipinski definition) is 2. The predicted octanol–water partition coefficient (Wildman–Crippen LogP) is 4.63. The van der Waals surface area contributed by atoms with Gasteiger partial charge in [0.05, 0.1) is 10.4 Å². The minimum absolute atomic E-state index is 0.0537. The molecule has 0 aliphatic rings. The van der Waals surface area contributed by atoms with Crippen LogP contribution in [-0.2, 0) is 34.5 Å². The molecule has 0 aliphatic heterocycles. The summed E-state index contributed by atoms with van der Waals surface area (Å²) in [5.74, 6) is 4.11. The molecule has 0 saturated carbocycles. The van der Waals surface area contributed by atoms with Gasteiger partial charge in [-0.05, 0) is 48.0 Å². The zero-order valence-corrected chi connectivity index (χ0v) is 20.3. The maximum Gasteiger partial charge on any atom is 0.416 e. The second-order valence-corrected chi connectivity index (χ2v) is 11.0. The summed E-state index contributed by atoms with van der Waals surface area (Å²) in [5, 5.41) is 10.5. The van der Waals surface area contributed by atoms with Crippen molar-refractivity contribution < 1.29 is 31.5 Å². The second-order valence-electron chi connectivity index (χ2n) is 7.94. The molecule has 6 nitrogen and oxygen atoms in total. The highest BCUT2D eigenvalue weighted by atomic mass is 32.2. The summed E-state index contributed by atoms with van der Waals surface area (Å²) in [5.41, 5.74) is 1.13. The molecule has 2 aromatic carbocycles. The summed E-state index contributed by atoms with van der Waals surface area (Å²) < 4.78 is 67.8. The highest BCUT2D eigenvalue weighted by Crippen LogP contribution is 2.29. The monoisotopic (exact) mass is 532 g/mol. The Balaban J connectivity index is 1.51. The van der Waals surface area contributed by atoms with E-state index in [1.807, 2.05) is 35.9 Å². The molecule has 0 amide bonds. The molecule has 0 fully saturated rings. The quantitative estimate of drug-likeness (QED) is 0.355. The van der Waals surface area contributed by atoms with E-state index >= 15 is 0 Å². The molecule has 4 rings (SSSR count). The number of carbonyl (C=O) groups is 1. The predicted molar refractivity (Wildman–Crippen MR) is 130 cm³/mol. The van der Waals surface area contributed by atoms with Crippen LogP contribution in [0.3, 0.4) is 0 Å². The number of nitrogens with one attached hydrogen (secondary N) is 1. The molecule has 2 N–H and O–H groups in total. The normalized spacial score (nSPS) is 12.8. The zero-order valence-electron chi connectivity index (χ0n) is 18.7. The lowest BCUT2D eigenvalue weighted by Gasteiger charge is -2.13. The van der Waals surface area contributed by atoms with Gasteiger partial charge in [0, 0.05) is 36.1 Å². The van der Waals surface area contributed by atoms with Crippen molar-refractivity contribution in [3.63, 3.8) is 0 Å². The van der Waals surface area contributed by atoms with Crippen LogP contribution in [0.25, 0.3) is 10.9 Å². The van der Waals surface area contributed by atoms with E-state index in [9.17, 15) is 31.5 Å². The fraction of sp³-hybridized carbons (Fsp3) is 0.160. The minimum Gasteiger partial charge on any atom is -0.480 e. The van der Waals surface area contributed by atoms with E-state index in [1.54, 1.807) is 6.20 Å². The van der Waals surface area contributed by atoms with Gasteiger partial charge < -0.3 is 9.67 Å². The minimum atomic E-state index is -4.45. The number of fused-ring (bicyclic) bond motifs is 1.